The van der Waals surface area contributed by atoms with E-state index in [2.05, 4.69) is 10.3 Å². The van der Waals surface area contributed by atoms with Gasteiger partial charge in [0, 0.05) is 17.3 Å². The third-order valence-electron chi connectivity index (χ3n) is 5.53. The van der Waals surface area contributed by atoms with E-state index in [0.29, 0.717) is 18.0 Å². The van der Waals surface area contributed by atoms with Crippen LogP contribution in [0.1, 0.15) is 37.0 Å². The number of aromatic nitrogens is 1. The van der Waals surface area contributed by atoms with E-state index < -0.39 is 17.5 Å². The van der Waals surface area contributed by atoms with Crippen LogP contribution in [0.2, 0.25) is 0 Å². The Morgan fingerprint density at radius 1 is 1.25 bits per heavy atom. The Balaban J connectivity index is 1.43. The van der Waals surface area contributed by atoms with Crippen molar-refractivity contribution in [2.75, 3.05) is 18.9 Å². The summed E-state index contributed by atoms with van der Waals surface area (Å²) >= 11 is 2.97. The second kappa shape index (κ2) is 7.29. The number of thiophene rings is 1. The number of nitrogens with zero attached hydrogens (tertiary/aromatic N) is 3. The minimum Gasteiger partial charge on any atom is -0.313 e. The molecule has 7 nitrogen and oxygen atoms in total. The number of rotatable bonds is 4. The number of hydrogen-bond acceptors (Lipinski definition) is 6. The molecule has 0 unspecified atom stereocenters. The Hall–Kier alpha value is -2.26. The molecule has 4 rings (SSSR count). The van der Waals surface area contributed by atoms with Crippen LogP contribution >= 0.6 is 22.7 Å². The van der Waals surface area contributed by atoms with Crippen LogP contribution in [-0.2, 0) is 9.59 Å². The summed E-state index contributed by atoms with van der Waals surface area (Å²) in [7, 11) is 1.67. The van der Waals surface area contributed by atoms with E-state index in [0.717, 1.165) is 34.7 Å². The number of carbonyl (C=O) groups is 3. The zero-order valence-electron chi connectivity index (χ0n) is 15.9. The number of thiazole rings is 1. The molecule has 1 saturated carbocycles. The van der Waals surface area contributed by atoms with E-state index in [1.165, 1.54) is 21.1 Å². The molecule has 1 N–H and O–H groups in total. The fraction of sp³-hybridized carbons (Fsp3) is 0.474. The van der Waals surface area contributed by atoms with Crippen molar-refractivity contribution in [2.24, 2.45) is 0 Å². The van der Waals surface area contributed by atoms with E-state index in [-0.39, 0.29) is 12.5 Å². The highest BCUT2D eigenvalue weighted by molar-refractivity contribution is 7.17. The number of hydrogen-bond donors (Lipinski definition) is 1. The second-order valence-corrected chi connectivity index (χ2v) is 9.47. The minimum atomic E-state index is -0.763. The SMILES string of the molecule is Cc1ccc(-c2csc(NC(=O)CN3C(=O)N(C)C4(CCCCC4)C3=O)n2)s1. The van der Waals surface area contributed by atoms with Crippen LogP contribution in [0.25, 0.3) is 10.6 Å². The molecule has 9 heteroatoms. The van der Waals surface area contributed by atoms with Crippen molar-refractivity contribution < 1.29 is 14.4 Å². The second-order valence-electron chi connectivity index (χ2n) is 7.32. The molecular weight excluding hydrogens is 396 g/mol. The Bertz CT molecular complexity index is 929. The molecule has 148 valence electrons. The van der Waals surface area contributed by atoms with Gasteiger partial charge in [-0.1, -0.05) is 19.3 Å². The maximum absolute atomic E-state index is 13.0. The molecule has 0 bridgehead atoms. The third-order valence-corrected chi connectivity index (χ3v) is 7.31. The number of amides is 4. The van der Waals surface area contributed by atoms with Crippen molar-refractivity contribution in [3.63, 3.8) is 0 Å². The fourth-order valence-electron chi connectivity index (χ4n) is 3.99. The van der Waals surface area contributed by atoms with Gasteiger partial charge in [-0.05, 0) is 31.9 Å². The lowest BCUT2D eigenvalue weighted by Gasteiger charge is -2.35. The summed E-state index contributed by atoms with van der Waals surface area (Å²) < 4.78 is 0. The van der Waals surface area contributed by atoms with Gasteiger partial charge in [0.1, 0.15) is 12.1 Å². The highest BCUT2D eigenvalue weighted by Gasteiger charge is 2.55. The number of imide groups is 1. The van der Waals surface area contributed by atoms with Gasteiger partial charge in [-0.25, -0.2) is 9.78 Å². The van der Waals surface area contributed by atoms with E-state index >= 15 is 0 Å². The number of urea groups is 1. The van der Waals surface area contributed by atoms with Crippen LogP contribution in [0.15, 0.2) is 17.5 Å². The molecule has 2 fully saturated rings. The van der Waals surface area contributed by atoms with Crippen LogP contribution in [0.4, 0.5) is 9.93 Å². The molecule has 4 amide bonds. The monoisotopic (exact) mass is 418 g/mol. The van der Waals surface area contributed by atoms with Gasteiger partial charge < -0.3 is 10.2 Å². The predicted octanol–water partition coefficient (Wildman–Crippen LogP) is 3.72. The average Bonchev–Trinajstić information content (AvgIpc) is 3.36. The summed E-state index contributed by atoms with van der Waals surface area (Å²) in [5.41, 5.74) is 0.0497. The van der Waals surface area contributed by atoms with Crippen molar-refractivity contribution in [2.45, 2.75) is 44.6 Å². The lowest BCUT2D eigenvalue weighted by atomic mass is 9.81. The lowest BCUT2D eigenvalue weighted by Crippen LogP contribution is -2.49. The number of likely N-dealkylation sites (N-methyl/N-ethyl adjacent to an activating group) is 1. The highest BCUT2D eigenvalue weighted by atomic mass is 32.1. The van der Waals surface area contributed by atoms with E-state index in [9.17, 15) is 14.4 Å². The summed E-state index contributed by atoms with van der Waals surface area (Å²) in [5.74, 6) is -0.657. The maximum atomic E-state index is 13.0. The van der Waals surface area contributed by atoms with Crippen LogP contribution in [0.5, 0.6) is 0 Å². The number of carbonyl (C=O) groups excluding carboxylic acids is 3. The van der Waals surface area contributed by atoms with Gasteiger partial charge in [-0.2, -0.15) is 0 Å². The summed E-state index contributed by atoms with van der Waals surface area (Å²) in [5, 5.41) is 5.07. The third kappa shape index (κ3) is 3.22. The predicted molar refractivity (Wildman–Crippen MR) is 109 cm³/mol. The highest BCUT2D eigenvalue weighted by Crippen LogP contribution is 2.39. The first-order chi connectivity index (χ1) is 13.4. The van der Waals surface area contributed by atoms with Gasteiger partial charge in [0.25, 0.3) is 5.91 Å². The zero-order valence-corrected chi connectivity index (χ0v) is 17.5. The summed E-state index contributed by atoms with van der Waals surface area (Å²) in [6, 6.07) is 3.64. The van der Waals surface area contributed by atoms with E-state index in [4.69, 9.17) is 0 Å². The van der Waals surface area contributed by atoms with Crippen molar-refractivity contribution in [1.82, 2.24) is 14.8 Å². The topological polar surface area (TPSA) is 82.6 Å². The molecule has 0 atom stereocenters. The molecule has 1 aliphatic heterocycles. The molecule has 28 heavy (non-hydrogen) atoms. The number of aryl methyl sites for hydroxylation is 1. The Morgan fingerprint density at radius 2 is 2.00 bits per heavy atom. The first-order valence-electron chi connectivity index (χ1n) is 9.33. The molecular formula is C19H22N4O3S2. The average molecular weight is 419 g/mol. The molecule has 1 saturated heterocycles. The van der Waals surface area contributed by atoms with Gasteiger partial charge in [-0.3, -0.25) is 14.5 Å². The van der Waals surface area contributed by atoms with Gasteiger partial charge in [0.15, 0.2) is 5.13 Å². The van der Waals surface area contributed by atoms with Crippen molar-refractivity contribution in [3.8, 4) is 10.6 Å². The van der Waals surface area contributed by atoms with E-state index in [1.54, 1.807) is 18.4 Å². The molecule has 3 heterocycles. The molecule has 2 aromatic heterocycles. The zero-order chi connectivity index (χ0) is 19.9. The van der Waals surface area contributed by atoms with Crippen molar-refractivity contribution in [3.05, 3.63) is 22.4 Å². The fourth-order valence-corrected chi connectivity index (χ4v) is 5.62. The van der Waals surface area contributed by atoms with Crippen molar-refractivity contribution in [1.29, 1.82) is 0 Å². The summed E-state index contributed by atoms with van der Waals surface area (Å²) in [6.45, 7) is 1.75. The largest absolute Gasteiger partial charge is 0.327 e. The molecule has 0 aromatic carbocycles. The van der Waals surface area contributed by atoms with Gasteiger partial charge in [0.2, 0.25) is 5.91 Å². The molecule has 2 aliphatic rings. The summed E-state index contributed by atoms with van der Waals surface area (Å²) in [6.07, 6.45) is 4.26. The van der Waals surface area contributed by atoms with Crippen molar-refractivity contribution >= 4 is 45.7 Å². The number of anilines is 1. The van der Waals surface area contributed by atoms with Gasteiger partial charge in [0.05, 0.1) is 10.6 Å². The van der Waals surface area contributed by atoms with Gasteiger partial charge in [-0.15, -0.1) is 22.7 Å². The van der Waals surface area contributed by atoms with Crippen LogP contribution in [0, 0.1) is 6.92 Å². The Kier molecular flexibility index (Phi) is 4.96. The quantitative estimate of drug-likeness (QED) is 0.767. The van der Waals surface area contributed by atoms with Crippen LogP contribution < -0.4 is 5.32 Å². The Labute approximate surface area is 171 Å². The van der Waals surface area contributed by atoms with Gasteiger partial charge >= 0.3 is 6.03 Å². The number of nitrogens with one attached hydrogen (secondary N) is 1. The van der Waals surface area contributed by atoms with E-state index in [1.807, 2.05) is 24.4 Å². The molecule has 2 aromatic rings. The summed E-state index contributed by atoms with van der Waals surface area (Å²) in [4.78, 5) is 47.3. The van der Waals surface area contributed by atoms with Crippen LogP contribution in [0.3, 0.4) is 0 Å². The standard InChI is InChI=1S/C19H22N4O3S2/c1-12-6-7-14(28-12)13-11-27-17(20-13)21-15(24)10-23-16(25)19(22(2)18(23)26)8-4-3-5-9-19/h6-7,11H,3-5,8-10H2,1-2H3,(H,20,21,24). The first kappa shape index (κ1) is 19.1. The van der Waals surface area contributed by atoms with Crippen LogP contribution in [-0.4, -0.2) is 51.8 Å². The first-order valence-corrected chi connectivity index (χ1v) is 11.0. The molecule has 1 aliphatic carbocycles. The normalized spacial score (nSPS) is 18.9. The maximum Gasteiger partial charge on any atom is 0.327 e. The lowest BCUT2D eigenvalue weighted by molar-refractivity contribution is -0.136. The smallest absolute Gasteiger partial charge is 0.313 e. The molecule has 0 radical (unpaired) electrons. The minimum absolute atomic E-state index is 0.247. The Morgan fingerprint density at radius 3 is 2.68 bits per heavy atom. The molecule has 1 spiro atoms.